The van der Waals surface area contributed by atoms with E-state index >= 15 is 0 Å². The van der Waals surface area contributed by atoms with Gasteiger partial charge in [-0.15, -0.1) is 0 Å². The molecule has 0 aliphatic heterocycles. The molecule has 0 aromatic rings. The van der Waals surface area contributed by atoms with Gasteiger partial charge >= 0.3 is 11.9 Å². The van der Waals surface area contributed by atoms with Gasteiger partial charge in [-0.3, -0.25) is 19.2 Å². The van der Waals surface area contributed by atoms with E-state index in [1.54, 1.807) is 13.8 Å². The lowest BCUT2D eigenvalue weighted by Crippen LogP contribution is -2.58. The van der Waals surface area contributed by atoms with Crippen LogP contribution in [0.2, 0.25) is 0 Å². The van der Waals surface area contributed by atoms with Crippen LogP contribution in [0, 0.1) is 5.92 Å². The van der Waals surface area contributed by atoms with Crippen LogP contribution in [-0.2, 0) is 24.0 Å². The minimum Gasteiger partial charge on any atom is -0.481 e. The number of aliphatic hydroxyl groups is 1. The van der Waals surface area contributed by atoms with Gasteiger partial charge in [0, 0.05) is 0 Å². The van der Waals surface area contributed by atoms with E-state index in [9.17, 15) is 29.1 Å². The van der Waals surface area contributed by atoms with E-state index in [1.165, 1.54) is 6.92 Å². The van der Waals surface area contributed by atoms with Crippen molar-refractivity contribution >= 4 is 29.7 Å². The fourth-order valence-corrected chi connectivity index (χ4v) is 1.97. The minimum atomic E-state index is -1.46. The molecule has 0 fully saturated rings. The van der Waals surface area contributed by atoms with Crippen molar-refractivity contribution in [2.75, 3.05) is 6.54 Å². The number of carbonyl (C=O) groups is 5. The van der Waals surface area contributed by atoms with Gasteiger partial charge in [0.15, 0.2) is 0 Å². The summed E-state index contributed by atoms with van der Waals surface area (Å²) in [6.07, 6.45) is -1.97. The predicted molar refractivity (Wildman–Crippen MR) is 91.3 cm³/mol. The van der Waals surface area contributed by atoms with Gasteiger partial charge in [-0.1, -0.05) is 13.8 Å². The van der Waals surface area contributed by atoms with E-state index in [2.05, 4.69) is 16.0 Å². The summed E-state index contributed by atoms with van der Waals surface area (Å²) in [4.78, 5) is 57.2. The van der Waals surface area contributed by atoms with Crippen molar-refractivity contribution in [1.29, 1.82) is 0 Å². The Labute approximate surface area is 155 Å². The monoisotopic (exact) mass is 390 g/mol. The normalized spacial score (nSPS) is 15.2. The molecule has 0 radical (unpaired) electrons. The van der Waals surface area contributed by atoms with Crippen molar-refractivity contribution in [1.82, 2.24) is 16.0 Å². The van der Waals surface area contributed by atoms with Crippen molar-refractivity contribution in [3.8, 4) is 0 Å². The van der Waals surface area contributed by atoms with Crippen molar-refractivity contribution in [2.45, 2.75) is 51.4 Å². The highest BCUT2D eigenvalue weighted by Gasteiger charge is 2.31. The van der Waals surface area contributed by atoms with E-state index in [1.807, 2.05) is 0 Å². The number of hydrogen-bond acceptors (Lipinski definition) is 7. The molecule has 0 aromatic heterocycles. The van der Waals surface area contributed by atoms with Gasteiger partial charge in [0.1, 0.15) is 12.1 Å². The Balaban J connectivity index is 4.79. The standard InChI is InChI=1S/C15H26N4O8/c1-6(2)11(15(26)27)19-14(25)12(7(3)20)18-9(21)5-17-13(24)8(16)4-10(22)23/h6-8,11-12,20H,4-5,16H2,1-3H3,(H,17,24)(H,18,21)(H,19,25)(H,22,23)(H,26,27). The van der Waals surface area contributed by atoms with E-state index in [0.717, 1.165) is 0 Å². The summed E-state index contributed by atoms with van der Waals surface area (Å²) in [6, 6.07) is -4.03. The van der Waals surface area contributed by atoms with Crippen LogP contribution in [0.4, 0.5) is 0 Å². The van der Waals surface area contributed by atoms with E-state index in [4.69, 9.17) is 15.9 Å². The molecular weight excluding hydrogens is 364 g/mol. The Bertz CT molecular complexity index is 578. The number of hydrogen-bond donors (Lipinski definition) is 7. The SMILES string of the molecule is CC(C)C(NC(=O)C(NC(=O)CNC(=O)C(N)CC(=O)O)C(C)O)C(=O)O. The molecule has 0 bridgehead atoms. The van der Waals surface area contributed by atoms with Gasteiger partial charge in [-0.05, 0) is 12.8 Å². The van der Waals surface area contributed by atoms with Gasteiger partial charge in [0.2, 0.25) is 17.7 Å². The highest BCUT2D eigenvalue weighted by Crippen LogP contribution is 2.03. The average Bonchev–Trinajstić information content (AvgIpc) is 2.53. The lowest BCUT2D eigenvalue weighted by Gasteiger charge is -2.25. The van der Waals surface area contributed by atoms with Crippen LogP contribution in [0.5, 0.6) is 0 Å². The first-order valence-electron chi connectivity index (χ1n) is 8.12. The smallest absolute Gasteiger partial charge is 0.326 e. The molecule has 8 N–H and O–H groups in total. The van der Waals surface area contributed by atoms with E-state index in [0.29, 0.717) is 0 Å². The maximum atomic E-state index is 12.2. The van der Waals surface area contributed by atoms with Gasteiger partial charge in [0.25, 0.3) is 0 Å². The van der Waals surface area contributed by atoms with Gasteiger partial charge in [-0.25, -0.2) is 4.79 Å². The summed E-state index contributed by atoms with van der Waals surface area (Å²) >= 11 is 0. The van der Waals surface area contributed by atoms with Crippen LogP contribution in [0.3, 0.4) is 0 Å². The molecule has 0 rings (SSSR count). The molecule has 0 spiro atoms. The minimum absolute atomic E-state index is 0.438. The summed E-state index contributed by atoms with van der Waals surface area (Å²) in [6.45, 7) is 3.75. The second-order valence-electron chi connectivity index (χ2n) is 6.28. The second-order valence-corrected chi connectivity index (χ2v) is 6.28. The van der Waals surface area contributed by atoms with Crippen molar-refractivity contribution < 1.29 is 39.3 Å². The molecule has 0 heterocycles. The van der Waals surface area contributed by atoms with Gasteiger partial charge in [0.05, 0.1) is 25.1 Å². The molecule has 3 amide bonds. The highest BCUT2D eigenvalue weighted by atomic mass is 16.4. The average molecular weight is 390 g/mol. The second kappa shape index (κ2) is 11.1. The first kappa shape index (κ1) is 24.3. The number of carbonyl (C=O) groups excluding carboxylic acids is 3. The number of aliphatic hydroxyl groups excluding tert-OH is 1. The zero-order valence-electron chi connectivity index (χ0n) is 15.3. The number of rotatable bonds is 11. The fraction of sp³-hybridized carbons (Fsp3) is 0.667. The molecule has 0 saturated carbocycles. The lowest BCUT2D eigenvalue weighted by atomic mass is 10.0. The van der Waals surface area contributed by atoms with Gasteiger partial charge < -0.3 is 37.0 Å². The zero-order chi connectivity index (χ0) is 21.3. The Morgan fingerprint density at radius 1 is 0.926 bits per heavy atom. The number of carboxylic acids is 2. The maximum Gasteiger partial charge on any atom is 0.326 e. The molecule has 154 valence electrons. The van der Waals surface area contributed by atoms with Crippen LogP contribution in [0.15, 0.2) is 0 Å². The van der Waals surface area contributed by atoms with E-state index in [-0.39, 0.29) is 0 Å². The summed E-state index contributed by atoms with van der Waals surface area (Å²) in [5, 5.41) is 33.8. The lowest BCUT2D eigenvalue weighted by molar-refractivity contribution is -0.144. The largest absolute Gasteiger partial charge is 0.481 e. The Morgan fingerprint density at radius 2 is 1.48 bits per heavy atom. The first-order chi connectivity index (χ1) is 12.4. The molecule has 0 saturated heterocycles. The topological polar surface area (TPSA) is 208 Å². The summed E-state index contributed by atoms with van der Waals surface area (Å²) in [7, 11) is 0. The molecule has 0 aliphatic rings. The summed E-state index contributed by atoms with van der Waals surface area (Å²) < 4.78 is 0. The summed E-state index contributed by atoms with van der Waals surface area (Å²) in [5.74, 6) is -5.64. The third kappa shape index (κ3) is 8.96. The predicted octanol–water partition coefficient (Wildman–Crippen LogP) is -3.00. The third-order valence-corrected chi connectivity index (χ3v) is 3.47. The third-order valence-electron chi connectivity index (χ3n) is 3.47. The quantitative estimate of drug-likeness (QED) is 0.191. The van der Waals surface area contributed by atoms with Crippen LogP contribution in [-0.4, -0.2) is 75.8 Å². The molecule has 0 aliphatic carbocycles. The van der Waals surface area contributed by atoms with Gasteiger partial charge in [-0.2, -0.15) is 0 Å². The first-order valence-corrected chi connectivity index (χ1v) is 8.12. The Kier molecular flexibility index (Phi) is 9.96. The molecule has 27 heavy (non-hydrogen) atoms. The number of aliphatic carboxylic acids is 2. The van der Waals surface area contributed by atoms with Crippen molar-refractivity contribution in [2.24, 2.45) is 11.7 Å². The van der Waals surface area contributed by atoms with Crippen LogP contribution >= 0.6 is 0 Å². The maximum absolute atomic E-state index is 12.2. The van der Waals surface area contributed by atoms with Crippen molar-refractivity contribution in [3.05, 3.63) is 0 Å². The molecule has 0 aromatic carbocycles. The highest BCUT2D eigenvalue weighted by molar-refractivity contribution is 5.93. The molecule has 4 atom stereocenters. The molecule has 4 unspecified atom stereocenters. The summed E-state index contributed by atoms with van der Waals surface area (Å²) in [5.41, 5.74) is 5.33. The number of carboxylic acid groups (broad SMARTS) is 2. The van der Waals surface area contributed by atoms with Crippen LogP contribution in [0.1, 0.15) is 27.2 Å². The van der Waals surface area contributed by atoms with Crippen LogP contribution < -0.4 is 21.7 Å². The number of nitrogens with one attached hydrogen (secondary N) is 3. The Hall–Kier alpha value is -2.73. The molecular formula is C15H26N4O8. The molecule has 12 nitrogen and oxygen atoms in total. The van der Waals surface area contributed by atoms with E-state index < -0.39 is 72.8 Å². The zero-order valence-corrected chi connectivity index (χ0v) is 15.3. The fourth-order valence-electron chi connectivity index (χ4n) is 1.97. The number of amides is 3. The van der Waals surface area contributed by atoms with Crippen LogP contribution in [0.25, 0.3) is 0 Å². The molecule has 12 heteroatoms. The number of nitrogens with two attached hydrogens (primary N) is 1. The Morgan fingerprint density at radius 3 is 1.89 bits per heavy atom. The van der Waals surface area contributed by atoms with Crippen molar-refractivity contribution in [3.63, 3.8) is 0 Å².